The molecule has 2 heterocycles. The number of thioether (sulfide) groups is 1. The van der Waals surface area contributed by atoms with Crippen molar-refractivity contribution in [3.63, 3.8) is 0 Å². The Hall–Kier alpha value is -0.970. The van der Waals surface area contributed by atoms with Crippen LogP contribution in [0, 0.1) is 0 Å². The molecule has 1 N–H and O–H groups in total. The number of hydrogen-bond donors (Lipinski definition) is 1. The molecule has 0 spiro atoms. The number of carboxylic acid groups (broad SMARTS) is 1. The minimum atomic E-state index is -1.01. The second-order valence-corrected chi connectivity index (χ2v) is 4.68. The molecule has 0 aromatic carbocycles. The van der Waals surface area contributed by atoms with Crippen LogP contribution in [0.5, 0.6) is 0 Å². The third-order valence-electron chi connectivity index (χ3n) is 2.15. The maximum absolute atomic E-state index is 11.1. The molecule has 4 nitrogen and oxygen atoms in total. The summed E-state index contributed by atoms with van der Waals surface area (Å²) in [6, 6.07) is 0. The highest BCUT2D eigenvalue weighted by Crippen LogP contribution is 2.40. The van der Waals surface area contributed by atoms with Crippen molar-refractivity contribution in [2.24, 2.45) is 0 Å². The average Bonchev–Trinajstić information content (AvgIpc) is 2.01. The first-order valence-corrected chi connectivity index (χ1v) is 4.96. The van der Waals surface area contributed by atoms with Gasteiger partial charge in [0.15, 0.2) is 0 Å². The molecule has 5 heteroatoms. The number of amides is 1. The van der Waals surface area contributed by atoms with Gasteiger partial charge in [-0.3, -0.25) is 9.69 Å². The van der Waals surface area contributed by atoms with E-state index in [4.69, 9.17) is 5.11 Å². The first-order chi connectivity index (χ1) is 6.09. The van der Waals surface area contributed by atoms with Crippen LogP contribution in [0.4, 0.5) is 0 Å². The van der Waals surface area contributed by atoms with Crippen molar-refractivity contribution in [2.75, 3.05) is 0 Å². The summed E-state index contributed by atoms with van der Waals surface area (Å²) in [5.74, 6) is -1.09. The molecule has 2 aliphatic heterocycles. The number of β-lactam (4-membered cyclic amide) rings is 1. The smallest absolute Gasteiger partial charge is 0.352 e. The Morgan fingerprint density at radius 3 is 3.00 bits per heavy atom. The van der Waals surface area contributed by atoms with E-state index in [1.54, 1.807) is 17.8 Å². The zero-order valence-corrected chi connectivity index (χ0v) is 7.87. The third kappa shape index (κ3) is 1.23. The first kappa shape index (κ1) is 8.62. The predicted octanol–water partition coefficient (Wildman–Crippen LogP) is 0.649. The number of carbonyl (C=O) groups excluding carboxylic acids is 1. The predicted molar refractivity (Wildman–Crippen MR) is 48.0 cm³/mol. The summed E-state index contributed by atoms with van der Waals surface area (Å²) in [6.07, 6.45) is 2.10. The van der Waals surface area contributed by atoms with Crippen LogP contribution in [-0.2, 0) is 9.59 Å². The lowest BCUT2D eigenvalue weighted by Crippen LogP contribution is -2.53. The van der Waals surface area contributed by atoms with Gasteiger partial charge in [0, 0.05) is 5.25 Å². The Labute approximate surface area is 79.6 Å². The van der Waals surface area contributed by atoms with E-state index in [0.717, 1.165) is 0 Å². The van der Waals surface area contributed by atoms with Crippen LogP contribution in [-0.4, -0.2) is 32.5 Å². The average molecular weight is 199 g/mol. The van der Waals surface area contributed by atoms with Gasteiger partial charge in [0.05, 0.1) is 11.8 Å². The second kappa shape index (κ2) is 2.77. The topological polar surface area (TPSA) is 57.6 Å². The first-order valence-electron chi connectivity index (χ1n) is 4.02. The fraction of sp³-hybridized carbons (Fsp3) is 0.500. The normalized spacial score (nSPS) is 31.9. The molecule has 0 aromatic rings. The molecular formula is C8H9NO3S. The monoisotopic (exact) mass is 199 g/mol. The highest BCUT2D eigenvalue weighted by molar-refractivity contribution is 8.00. The SMILES string of the molecule is CC1C=C(C(=O)O)N2C(=O)C[C@@H]2S1. The van der Waals surface area contributed by atoms with Gasteiger partial charge in [0.2, 0.25) is 5.91 Å². The second-order valence-electron chi connectivity index (χ2n) is 3.12. The van der Waals surface area contributed by atoms with E-state index in [-0.39, 0.29) is 22.2 Å². The lowest BCUT2D eigenvalue weighted by atomic mass is 10.1. The number of carbonyl (C=O) groups is 2. The van der Waals surface area contributed by atoms with E-state index in [1.807, 2.05) is 6.92 Å². The van der Waals surface area contributed by atoms with Crippen molar-refractivity contribution in [3.8, 4) is 0 Å². The van der Waals surface area contributed by atoms with Gasteiger partial charge in [0.25, 0.3) is 0 Å². The van der Waals surface area contributed by atoms with Crippen LogP contribution in [0.15, 0.2) is 11.8 Å². The molecule has 0 bridgehead atoms. The Bertz CT molecular complexity index is 313. The van der Waals surface area contributed by atoms with E-state index < -0.39 is 5.97 Å². The molecule has 2 atom stereocenters. The highest BCUT2D eigenvalue weighted by Gasteiger charge is 2.44. The molecule has 0 aliphatic carbocycles. The molecule has 13 heavy (non-hydrogen) atoms. The van der Waals surface area contributed by atoms with Gasteiger partial charge < -0.3 is 5.11 Å². The van der Waals surface area contributed by atoms with E-state index >= 15 is 0 Å². The summed E-state index contributed by atoms with van der Waals surface area (Å²) >= 11 is 1.63. The molecule has 2 rings (SSSR count). The summed E-state index contributed by atoms with van der Waals surface area (Å²) in [7, 11) is 0. The van der Waals surface area contributed by atoms with E-state index in [9.17, 15) is 9.59 Å². The molecule has 2 aliphatic rings. The van der Waals surface area contributed by atoms with Gasteiger partial charge in [-0.1, -0.05) is 0 Å². The van der Waals surface area contributed by atoms with Crippen molar-refractivity contribution in [2.45, 2.75) is 24.0 Å². The minimum Gasteiger partial charge on any atom is -0.477 e. The third-order valence-corrected chi connectivity index (χ3v) is 3.41. The molecule has 70 valence electrons. The Kier molecular flexibility index (Phi) is 1.83. The molecule has 0 aromatic heterocycles. The number of fused-ring (bicyclic) bond motifs is 1. The highest BCUT2D eigenvalue weighted by atomic mass is 32.2. The van der Waals surface area contributed by atoms with Crippen LogP contribution in [0.2, 0.25) is 0 Å². The fourth-order valence-corrected chi connectivity index (χ4v) is 2.84. The standard InChI is InChI=1S/C8H9NO3S/c1-4-2-5(8(11)12)9-6(10)3-7(9)13-4/h2,4,7H,3H2,1H3,(H,11,12)/t4?,7-/m0/s1. The van der Waals surface area contributed by atoms with E-state index in [2.05, 4.69) is 0 Å². The van der Waals surface area contributed by atoms with Crippen LogP contribution in [0.25, 0.3) is 0 Å². The summed E-state index contributed by atoms with van der Waals surface area (Å²) in [5.41, 5.74) is 0.146. The summed E-state index contributed by atoms with van der Waals surface area (Å²) in [4.78, 5) is 23.2. The summed E-state index contributed by atoms with van der Waals surface area (Å²) in [6.45, 7) is 1.94. The number of rotatable bonds is 1. The van der Waals surface area contributed by atoms with Crippen LogP contribution >= 0.6 is 11.8 Å². The van der Waals surface area contributed by atoms with Gasteiger partial charge in [-0.2, -0.15) is 0 Å². The molecule has 1 unspecified atom stereocenters. The van der Waals surface area contributed by atoms with Gasteiger partial charge in [-0.25, -0.2) is 4.79 Å². The zero-order valence-electron chi connectivity index (χ0n) is 7.06. The van der Waals surface area contributed by atoms with E-state index in [1.165, 1.54) is 4.90 Å². The lowest BCUT2D eigenvalue weighted by Gasteiger charge is -2.43. The van der Waals surface area contributed by atoms with Crippen LogP contribution in [0.3, 0.4) is 0 Å². The number of hydrogen-bond acceptors (Lipinski definition) is 3. The number of carboxylic acids is 1. The zero-order chi connectivity index (χ0) is 9.59. The van der Waals surface area contributed by atoms with Gasteiger partial charge >= 0.3 is 5.97 Å². The van der Waals surface area contributed by atoms with E-state index in [0.29, 0.717) is 6.42 Å². The quantitative estimate of drug-likeness (QED) is 0.630. The fourth-order valence-electron chi connectivity index (χ4n) is 1.55. The van der Waals surface area contributed by atoms with Gasteiger partial charge in [-0.15, -0.1) is 11.8 Å². The van der Waals surface area contributed by atoms with Gasteiger partial charge in [-0.05, 0) is 13.0 Å². The molecule has 0 radical (unpaired) electrons. The Morgan fingerprint density at radius 1 is 1.77 bits per heavy atom. The molecular weight excluding hydrogens is 190 g/mol. The molecule has 0 saturated carbocycles. The number of aliphatic carboxylic acids is 1. The largest absolute Gasteiger partial charge is 0.477 e. The molecule has 1 fully saturated rings. The van der Waals surface area contributed by atoms with Crippen molar-refractivity contribution >= 4 is 23.6 Å². The molecule has 1 saturated heterocycles. The number of nitrogens with zero attached hydrogens (tertiary/aromatic N) is 1. The summed E-state index contributed by atoms with van der Waals surface area (Å²) in [5, 5.41) is 9.06. The van der Waals surface area contributed by atoms with Crippen molar-refractivity contribution < 1.29 is 14.7 Å². The van der Waals surface area contributed by atoms with Crippen LogP contribution in [0.1, 0.15) is 13.3 Å². The van der Waals surface area contributed by atoms with Crippen molar-refractivity contribution in [1.29, 1.82) is 0 Å². The van der Waals surface area contributed by atoms with Gasteiger partial charge in [0.1, 0.15) is 5.70 Å². The maximum Gasteiger partial charge on any atom is 0.352 e. The minimum absolute atomic E-state index is 0.0543. The van der Waals surface area contributed by atoms with Crippen LogP contribution < -0.4 is 0 Å². The van der Waals surface area contributed by atoms with Crippen molar-refractivity contribution in [3.05, 3.63) is 11.8 Å². The lowest BCUT2D eigenvalue weighted by molar-refractivity contribution is -0.146. The Morgan fingerprint density at radius 2 is 2.46 bits per heavy atom. The summed E-state index contributed by atoms with van der Waals surface area (Å²) < 4.78 is 0. The maximum atomic E-state index is 11.1. The Balaban J connectivity index is 2.30. The van der Waals surface area contributed by atoms with Crippen molar-refractivity contribution in [1.82, 2.24) is 4.90 Å². The molecule has 1 amide bonds.